The summed E-state index contributed by atoms with van der Waals surface area (Å²) in [6.45, 7) is 2.43. The smallest absolute Gasteiger partial charge is 0.469 e. The summed E-state index contributed by atoms with van der Waals surface area (Å²) in [4.78, 5) is 70.9. The first-order valence-corrected chi connectivity index (χ1v) is 14.3. The number of carbonyl (C=O) groups excluding carboxylic acids is 2. The Hall–Kier alpha value is -3.04. The van der Waals surface area contributed by atoms with Crippen molar-refractivity contribution in [2.75, 3.05) is 12.3 Å². The number of aliphatic hydroxyl groups excluding tert-OH is 3. The van der Waals surface area contributed by atoms with Crippen molar-refractivity contribution in [3.63, 3.8) is 0 Å². The van der Waals surface area contributed by atoms with E-state index in [4.69, 9.17) is 19.9 Å². The summed E-state index contributed by atoms with van der Waals surface area (Å²) in [6, 6.07) is -1.62. The van der Waals surface area contributed by atoms with Gasteiger partial charge in [-0.2, -0.15) is 4.98 Å². The minimum absolute atomic E-state index is 0.177. The topological polar surface area (TPSA) is 312 Å². The van der Waals surface area contributed by atoms with Crippen molar-refractivity contribution >= 4 is 31.4 Å². The Morgan fingerprint density at radius 1 is 1.28 bits per heavy atom. The Bertz CT molecular complexity index is 1290. The monoisotopic (exact) mass is 639 g/mol. The van der Waals surface area contributed by atoms with E-state index in [0.717, 1.165) is 24.6 Å². The summed E-state index contributed by atoms with van der Waals surface area (Å²) in [5.74, 6) is -6.30. The lowest BCUT2D eigenvalue weighted by molar-refractivity contribution is -0.321. The summed E-state index contributed by atoms with van der Waals surface area (Å²) in [5, 5.41) is 47.6. The Balaban J connectivity index is 2.06. The second-order valence-electron chi connectivity index (χ2n) is 10.1. The van der Waals surface area contributed by atoms with Crippen LogP contribution in [0.25, 0.3) is 0 Å². The number of anilines is 1. The highest BCUT2D eigenvalue weighted by molar-refractivity contribution is 7.46. The van der Waals surface area contributed by atoms with Gasteiger partial charge in [0.05, 0.1) is 30.9 Å². The molecule has 21 heteroatoms. The van der Waals surface area contributed by atoms with Crippen LogP contribution in [-0.4, -0.2) is 119 Å². The van der Waals surface area contributed by atoms with Gasteiger partial charge in [0.1, 0.15) is 30.2 Å². The van der Waals surface area contributed by atoms with Crippen LogP contribution < -0.4 is 22.1 Å². The maximum Gasteiger partial charge on any atom is 0.469 e. The molecule has 43 heavy (non-hydrogen) atoms. The van der Waals surface area contributed by atoms with Crippen molar-refractivity contribution in [3.05, 3.63) is 22.7 Å². The number of nitrogens with one attached hydrogen (secondary N) is 2. The van der Waals surface area contributed by atoms with Crippen molar-refractivity contribution in [2.24, 2.45) is 0 Å². The van der Waals surface area contributed by atoms with E-state index in [-0.39, 0.29) is 5.82 Å². The number of carboxylic acid groups (broad SMARTS) is 1. The number of phosphoric acid groups is 1. The second-order valence-corrected chi connectivity index (χ2v) is 11.3. The van der Waals surface area contributed by atoms with Crippen molar-refractivity contribution in [1.29, 1.82) is 0 Å². The van der Waals surface area contributed by atoms with E-state index in [1.54, 1.807) is 0 Å². The molecule has 10 atom stereocenters. The lowest BCUT2D eigenvalue weighted by Gasteiger charge is -2.48. The number of nitrogen functional groups attached to an aromatic ring is 1. The first-order valence-electron chi connectivity index (χ1n) is 12.7. The molecule has 1 aromatic rings. The first-order chi connectivity index (χ1) is 19.8. The van der Waals surface area contributed by atoms with Gasteiger partial charge in [-0.3, -0.25) is 18.7 Å². The molecule has 10 N–H and O–H groups in total. The minimum atomic E-state index is -5.14. The van der Waals surface area contributed by atoms with Crippen molar-refractivity contribution in [2.45, 2.75) is 87.9 Å². The van der Waals surface area contributed by atoms with Crippen LogP contribution in [0.3, 0.4) is 0 Å². The third-order valence-electron chi connectivity index (χ3n) is 6.68. The average Bonchev–Trinajstić information content (AvgIpc) is 3.16. The lowest BCUT2D eigenvalue weighted by atomic mass is 9.87. The molecule has 0 radical (unpaired) electrons. The van der Waals surface area contributed by atoms with Crippen LogP contribution in [-0.2, 0) is 37.7 Å². The number of amides is 2. The van der Waals surface area contributed by atoms with Gasteiger partial charge in [0.2, 0.25) is 11.8 Å². The van der Waals surface area contributed by atoms with Gasteiger partial charge in [-0.25, -0.2) is 14.2 Å². The molecule has 0 aliphatic carbocycles. The summed E-state index contributed by atoms with van der Waals surface area (Å²) in [6.07, 6.45) is -11.8. The standard InChI is InChI=1S/C22H34N5O15P/c1-8(28)14(24-9(2)29)18-15(25-10(3)30)11(31)6-22(42-18,20(33)34)41-17-12(7-39-43(36,37)38)40-19(16(17)32)27-5-4-13(23)26-21(27)35/h4-5,8,11-12,14-19,28,31-32H,6-7H2,1-3H3,(H,24,29)(H,25,30)(H,33,34)(H2,23,26,35)(H2,36,37,38)/t8-,11+,12-,14-,15-,16-,17-,18?,19-,22+/m1/s1. The van der Waals surface area contributed by atoms with Gasteiger partial charge in [-0.15, -0.1) is 0 Å². The van der Waals surface area contributed by atoms with E-state index in [9.17, 15) is 54.0 Å². The summed E-state index contributed by atoms with van der Waals surface area (Å²) in [7, 11) is -5.14. The average molecular weight is 640 g/mol. The van der Waals surface area contributed by atoms with Gasteiger partial charge in [0.25, 0.3) is 5.79 Å². The summed E-state index contributed by atoms with van der Waals surface area (Å²) in [5.41, 5.74) is 4.48. The highest BCUT2D eigenvalue weighted by Gasteiger charge is 2.59. The van der Waals surface area contributed by atoms with E-state index in [0.29, 0.717) is 0 Å². The zero-order valence-corrected chi connectivity index (χ0v) is 23.9. The number of ether oxygens (including phenoxy) is 3. The number of hydrogen-bond donors (Lipinski definition) is 9. The number of rotatable bonds is 11. The molecular formula is C22H34N5O15P. The zero-order chi connectivity index (χ0) is 32.4. The SMILES string of the molecule is CC(=O)N[C@@H](C1O[C@](O[C@H]2[C@@H](O)[C@H](n3ccc(N)nc3=O)O[C@@H]2COP(=O)(O)O)(C(=O)O)C[C@H](O)[C@H]1NC(C)=O)[C@@H](C)O. The fraction of sp³-hybridized carbons (Fsp3) is 0.682. The molecule has 2 saturated heterocycles. The zero-order valence-electron chi connectivity index (χ0n) is 23.0. The number of aliphatic hydroxyl groups is 3. The second kappa shape index (κ2) is 13.3. The van der Waals surface area contributed by atoms with Crippen LogP contribution in [0.2, 0.25) is 0 Å². The number of aromatic nitrogens is 2. The highest BCUT2D eigenvalue weighted by Crippen LogP contribution is 2.42. The van der Waals surface area contributed by atoms with Crippen LogP contribution in [0.5, 0.6) is 0 Å². The quantitative estimate of drug-likeness (QED) is 0.104. The number of carboxylic acids is 1. The molecular weight excluding hydrogens is 605 g/mol. The molecule has 0 aromatic carbocycles. The summed E-state index contributed by atoms with van der Waals surface area (Å²) < 4.78 is 33.8. The Labute approximate surface area is 242 Å². The van der Waals surface area contributed by atoms with Gasteiger partial charge in [0.15, 0.2) is 6.23 Å². The number of phosphoric ester groups is 1. The number of hydrogen-bond acceptors (Lipinski definition) is 14. The maximum absolute atomic E-state index is 12.7. The molecule has 242 valence electrons. The largest absolute Gasteiger partial charge is 0.477 e. The Kier molecular flexibility index (Phi) is 10.7. The van der Waals surface area contributed by atoms with Crippen molar-refractivity contribution in [3.8, 4) is 0 Å². The Morgan fingerprint density at radius 2 is 1.93 bits per heavy atom. The van der Waals surface area contributed by atoms with Gasteiger partial charge in [-0.05, 0) is 13.0 Å². The van der Waals surface area contributed by atoms with Gasteiger partial charge < -0.3 is 60.8 Å². The molecule has 0 saturated carbocycles. The summed E-state index contributed by atoms with van der Waals surface area (Å²) >= 11 is 0. The predicted molar refractivity (Wildman–Crippen MR) is 138 cm³/mol. The third kappa shape index (κ3) is 8.12. The molecule has 3 rings (SSSR count). The Morgan fingerprint density at radius 3 is 2.44 bits per heavy atom. The molecule has 2 aliphatic heterocycles. The van der Waals surface area contributed by atoms with Gasteiger partial charge in [0, 0.05) is 26.5 Å². The van der Waals surface area contributed by atoms with Crippen LogP contribution >= 0.6 is 7.82 Å². The third-order valence-corrected chi connectivity index (χ3v) is 7.17. The maximum atomic E-state index is 12.7. The van der Waals surface area contributed by atoms with E-state index in [2.05, 4.69) is 20.1 Å². The normalized spacial score (nSPS) is 32.5. The molecule has 2 amide bonds. The lowest BCUT2D eigenvalue weighted by Crippen LogP contribution is -2.70. The van der Waals surface area contributed by atoms with E-state index in [1.165, 1.54) is 13.0 Å². The number of aliphatic carboxylic acids is 1. The molecule has 0 bridgehead atoms. The molecule has 2 fully saturated rings. The van der Waals surface area contributed by atoms with Crippen LogP contribution in [0.15, 0.2) is 17.1 Å². The molecule has 20 nitrogen and oxygen atoms in total. The first kappa shape index (κ1) is 34.5. The van der Waals surface area contributed by atoms with E-state index >= 15 is 0 Å². The number of nitrogens with zero attached hydrogens (tertiary/aromatic N) is 2. The van der Waals surface area contributed by atoms with Gasteiger partial charge >= 0.3 is 19.5 Å². The van der Waals surface area contributed by atoms with Crippen molar-refractivity contribution in [1.82, 2.24) is 20.2 Å². The van der Waals surface area contributed by atoms with Gasteiger partial charge in [-0.1, -0.05) is 0 Å². The fourth-order valence-electron chi connectivity index (χ4n) is 4.89. The highest BCUT2D eigenvalue weighted by atomic mass is 31.2. The number of carbonyl (C=O) groups is 3. The van der Waals surface area contributed by atoms with Crippen LogP contribution in [0.1, 0.15) is 33.4 Å². The van der Waals surface area contributed by atoms with Crippen molar-refractivity contribution < 1.29 is 67.9 Å². The van der Waals surface area contributed by atoms with E-state index < -0.39 is 105 Å². The predicted octanol–water partition coefficient (Wildman–Crippen LogP) is -4.10. The molecule has 0 spiro atoms. The molecule has 2 aliphatic rings. The fourth-order valence-corrected chi connectivity index (χ4v) is 5.23. The molecule has 1 unspecified atom stereocenters. The molecule has 1 aromatic heterocycles. The van der Waals surface area contributed by atoms with E-state index in [1.807, 2.05) is 0 Å². The minimum Gasteiger partial charge on any atom is -0.477 e. The molecule has 3 heterocycles. The van der Waals surface area contributed by atoms with Crippen LogP contribution in [0, 0.1) is 0 Å². The number of nitrogens with two attached hydrogens (primary N) is 1. The van der Waals surface area contributed by atoms with Crippen LogP contribution in [0.4, 0.5) is 5.82 Å².